The first kappa shape index (κ1) is 8.02. The molecular formula is C8H16O2. The van der Waals surface area contributed by atoms with E-state index in [1.807, 2.05) is 6.92 Å². The van der Waals surface area contributed by atoms with Gasteiger partial charge in [-0.3, -0.25) is 0 Å². The van der Waals surface area contributed by atoms with E-state index in [0.29, 0.717) is 12.5 Å². The lowest BCUT2D eigenvalue weighted by Crippen LogP contribution is -2.38. The normalized spacial score (nSPS) is 41.1. The van der Waals surface area contributed by atoms with E-state index in [1.165, 1.54) is 0 Å². The summed E-state index contributed by atoms with van der Waals surface area (Å²) in [6.07, 6.45) is 0.808. The SMILES string of the molecule is CC(C)C1OCCC1(C)O. The maximum Gasteiger partial charge on any atom is 0.0904 e. The highest BCUT2D eigenvalue weighted by atomic mass is 16.5. The van der Waals surface area contributed by atoms with Gasteiger partial charge in [0.05, 0.1) is 11.7 Å². The zero-order valence-electron chi connectivity index (χ0n) is 6.92. The lowest BCUT2D eigenvalue weighted by atomic mass is 9.90. The van der Waals surface area contributed by atoms with Crippen molar-refractivity contribution in [3.8, 4) is 0 Å². The van der Waals surface area contributed by atoms with Crippen LogP contribution in [0.4, 0.5) is 0 Å². The van der Waals surface area contributed by atoms with Crippen molar-refractivity contribution < 1.29 is 9.84 Å². The van der Waals surface area contributed by atoms with Gasteiger partial charge in [0, 0.05) is 13.0 Å². The molecule has 0 spiro atoms. The smallest absolute Gasteiger partial charge is 0.0904 e. The molecule has 2 nitrogen and oxygen atoms in total. The molecule has 1 rings (SSSR count). The van der Waals surface area contributed by atoms with Gasteiger partial charge in [0.25, 0.3) is 0 Å². The van der Waals surface area contributed by atoms with Crippen molar-refractivity contribution >= 4 is 0 Å². The van der Waals surface area contributed by atoms with Crippen LogP contribution < -0.4 is 0 Å². The minimum atomic E-state index is -0.589. The fourth-order valence-corrected chi connectivity index (χ4v) is 1.62. The highest BCUT2D eigenvalue weighted by molar-refractivity contribution is 4.89. The third-order valence-electron chi connectivity index (χ3n) is 2.12. The van der Waals surface area contributed by atoms with Gasteiger partial charge >= 0.3 is 0 Å². The molecule has 0 radical (unpaired) electrons. The van der Waals surface area contributed by atoms with Gasteiger partial charge in [0.2, 0.25) is 0 Å². The second-order valence-electron chi connectivity index (χ2n) is 3.64. The number of hydrogen-bond donors (Lipinski definition) is 1. The Morgan fingerprint density at radius 2 is 2.20 bits per heavy atom. The second kappa shape index (κ2) is 2.51. The lowest BCUT2D eigenvalue weighted by molar-refractivity contribution is -0.0476. The van der Waals surface area contributed by atoms with Crippen molar-refractivity contribution in [1.82, 2.24) is 0 Å². The average Bonchev–Trinajstić information content (AvgIpc) is 2.08. The number of ether oxygens (including phenoxy) is 1. The van der Waals surface area contributed by atoms with Crippen LogP contribution in [-0.2, 0) is 4.74 Å². The largest absolute Gasteiger partial charge is 0.387 e. The minimum absolute atomic E-state index is 0.0347. The quantitative estimate of drug-likeness (QED) is 0.599. The fourth-order valence-electron chi connectivity index (χ4n) is 1.62. The van der Waals surface area contributed by atoms with Crippen molar-refractivity contribution in [2.45, 2.75) is 38.9 Å². The van der Waals surface area contributed by atoms with Crippen LogP contribution in [0.25, 0.3) is 0 Å². The summed E-state index contributed by atoms with van der Waals surface area (Å²) in [6, 6.07) is 0. The van der Waals surface area contributed by atoms with E-state index in [1.54, 1.807) is 0 Å². The van der Waals surface area contributed by atoms with Crippen molar-refractivity contribution in [1.29, 1.82) is 0 Å². The van der Waals surface area contributed by atoms with Crippen LogP contribution in [0.5, 0.6) is 0 Å². The van der Waals surface area contributed by atoms with Gasteiger partial charge in [-0.05, 0) is 12.8 Å². The molecule has 0 saturated carbocycles. The molecule has 1 N–H and O–H groups in total. The van der Waals surface area contributed by atoms with Gasteiger partial charge in [-0.1, -0.05) is 13.8 Å². The minimum Gasteiger partial charge on any atom is -0.387 e. The molecule has 0 aromatic rings. The van der Waals surface area contributed by atoms with Crippen molar-refractivity contribution in [2.75, 3.05) is 6.61 Å². The standard InChI is InChI=1S/C8H16O2/c1-6(2)7-8(3,9)4-5-10-7/h6-7,9H,4-5H2,1-3H3. The second-order valence-corrected chi connectivity index (χ2v) is 3.64. The maximum atomic E-state index is 9.70. The van der Waals surface area contributed by atoms with E-state index in [-0.39, 0.29) is 6.10 Å². The molecule has 0 aromatic carbocycles. The van der Waals surface area contributed by atoms with Crippen molar-refractivity contribution in [3.63, 3.8) is 0 Å². The summed E-state index contributed by atoms with van der Waals surface area (Å²) in [5, 5.41) is 9.70. The average molecular weight is 144 g/mol. The molecule has 0 bridgehead atoms. The zero-order chi connectivity index (χ0) is 7.78. The topological polar surface area (TPSA) is 29.5 Å². The van der Waals surface area contributed by atoms with E-state index in [2.05, 4.69) is 13.8 Å². The summed E-state index contributed by atoms with van der Waals surface area (Å²) in [5.74, 6) is 0.414. The Morgan fingerprint density at radius 1 is 1.60 bits per heavy atom. The summed E-state index contributed by atoms with van der Waals surface area (Å²) in [6.45, 7) is 6.70. The Hall–Kier alpha value is -0.0800. The molecule has 1 heterocycles. The third kappa shape index (κ3) is 1.32. The van der Waals surface area contributed by atoms with Crippen LogP contribution in [0.2, 0.25) is 0 Å². The Labute approximate surface area is 62.2 Å². The first-order chi connectivity index (χ1) is 4.54. The molecule has 1 saturated heterocycles. The van der Waals surface area contributed by atoms with E-state index < -0.39 is 5.60 Å². The van der Waals surface area contributed by atoms with Crippen molar-refractivity contribution in [2.24, 2.45) is 5.92 Å². The number of hydrogen-bond acceptors (Lipinski definition) is 2. The molecule has 0 aliphatic carbocycles. The molecule has 1 aliphatic heterocycles. The molecule has 2 heteroatoms. The van der Waals surface area contributed by atoms with Crippen LogP contribution in [-0.4, -0.2) is 23.4 Å². The predicted octanol–water partition coefficient (Wildman–Crippen LogP) is 1.18. The van der Waals surface area contributed by atoms with Gasteiger partial charge in [-0.15, -0.1) is 0 Å². The summed E-state index contributed by atoms with van der Waals surface area (Å²) in [7, 11) is 0. The molecular weight excluding hydrogens is 128 g/mol. The van der Waals surface area contributed by atoms with Crippen LogP contribution >= 0.6 is 0 Å². The molecule has 60 valence electrons. The van der Waals surface area contributed by atoms with E-state index >= 15 is 0 Å². The summed E-state index contributed by atoms with van der Waals surface area (Å²) in [4.78, 5) is 0. The van der Waals surface area contributed by atoms with Crippen LogP contribution in [0.15, 0.2) is 0 Å². The molecule has 1 fully saturated rings. The van der Waals surface area contributed by atoms with Crippen molar-refractivity contribution in [3.05, 3.63) is 0 Å². The Morgan fingerprint density at radius 3 is 2.40 bits per heavy atom. The summed E-state index contributed by atoms with van der Waals surface area (Å²) < 4.78 is 5.38. The number of aliphatic hydroxyl groups is 1. The Balaban J connectivity index is 2.59. The monoisotopic (exact) mass is 144 g/mol. The fraction of sp³-hybridized carbons (Fsp3) is 1.00. The third-order valence-corrected chi connectivity index (χ3v) is 2.12. The molecule has 0 amide bonds. The van der Waals surface area contributed by atoms with Gasteiger partial charge < -0.3 is 9.84 Å². The van der Waals surface area contributed by atoms with Gasteiger partial charge in [0.15, 0.2) is 0 Å². The van der Waals surface area contributed by atoms with E-state index in [4.69, 9.17) is 4.74 Å². The molecule has 1 aliphatic rings. The predicted molar refractivity (Wildman–Crippen MR) is 39.8 cm³/mol. The van der Waals surface area contributed by atoms with Gasteiger partial charge in [-0.2, -0.15) is 0 Å². The van der Waals surface area contributed by atoms with Crippen LogP contribution in [0.3, 0.4) is 0 Å². The van der Waals surface area contributed by atoms with Crippen LogP contribution in [0, 0.1) is 5.92 Å². The van der Waals surface area contributed by atoms with E-state index in [9.17, 15) is 5.11 Å². The molecule has 2 unspecified atom stereocenters. The van der Waals surface area contributed by atoms with Gasteiger partial charge in [-0.25, -0.2) is 0 Å². The molecule has 2 atom stereocenters. The highest BCUT2D eigenvalue weighted by Gasteiger charge is 2.39. The Bertz CT molecular complexity index is 118. The Kier molecular flexibility index (Phi) is 2.02. The lowest BCUT2D eigenvalue weighted by Gasteiger charge is -2.26. The maximum absolute atomic E-state index is 9.70. The first-order valence-electron chi connectivity index (χ1n) is 3.88. The summed E-state index contributed by atoms with van der Waals surface area (Å²) in [5.41, 5.74) is -0.589. The van der Waals surface area contributed by atoms with Gasteiger partial charge in [0.1, 0.15) is 0 Å². The van der Waals surface area contributed by atoms with Crippen LogP contribution in [0.1, 0.15) is 27.2 Å². The molecule has 0 aromatic heterocycles. The number of rotatable bonds is 1. The molecule has 10 heavy (non-hydrogen) atoms. The zero-order valence-corrected chi connectivity index (χ0v) is 6.92. The first-order valence-corrected chi connectivity index (χ1v) is 3.88. The summed E-state index contributed by atoms with van der Waals surface area (Å²) >= 11 is 0. The highest BCUT2D eigenvalue weighted by Crippen LogP contribution is 2.29. The van der Waals surface area contributed by atoms with E-state index in [0.717, 1.165) is 6.42 Å².